The van der Waals surface area contributed by atoms with Crippen LogP contribution in [0.5, 0.6) is 11.5 Å². The smallest absolute Gasteiger partial charge is 0.270 e. The highest BCUT2D eigenvalue weighted by atomic mass is 16.7. The zero-order valence-corrected chi connectivity index (χ0v) is 15.5. The first-order valence-corrected chi connectivity index (χ1v) is 9.27. The number of nitro groups is 1. The molecule has 1 atom stereocenters. The minimum atomic E-state index is -0.480. The van der Waals surface area contributed by atoms with Crippen molar-refractivity contribution in [3.63, 3.8) is 0 Å². The van der Waals surface area contributed by atoms with Gasteiger partial charge in [0, 0.05) is 25.2 Å². The molecule has 2 heterocycles. The molecular formula is C20H21N3O5. The number of carbonyl (C=O) groups excluding carboxylic acids is 1. The molecule has 0 radical (unpaired) electrons. The summed E-state index contributed by atoms with van der Waals surface area (Å²) in [6, 6.07) is 9.69. The number of fused-ring (bicyclic) bond motifs is 1. The maximum Gasteiger partial charge on any atom is 0.270 e. The highest BCUT2D eigenvalue weighted by Crippen LogP contribution is 2.34. The second-order valence-corrected chi connectivity index (χ2v) is 6.96. The lowest BCUT2D eigenvalue weighted by atomic mass is 10.1. The quantitative estimate of drug-likeness (QED) is 0.628. The monoisotopic (exact) mass is 383 g/mol. The summed E-state index contributed by atoms with van der Waals surface area (Å²) >= 11 is 0. The minimum Gasteiger partial charge on any atom is -0.454 e. The molecule has 2 aliphatic rings. The lowest BCUT2D eigenvalue weighted by Gasteiger charge is -2.22. The van der Waals surface area contributed by atoms with E-state index in [1.54, 1.807) is 6.07 Å². The van der Waals surface area contributed by atoms with Gasteiger partial charge in [0.1, 0.15) is 0 Å². The van der Waals surface area contributed by atoms with Gasteiger partial charge in [-0.1, -0.05) is 6.07 Å². The number of nitrogens with zero attached hydrogens (tertiary/aromatic N) is 2. The molecule has 4 rings (SSSR count). The minimum absolute atomic E-state index is 0.0937. The average molecular weight is 383 g/mol. The number of amides is 1. The molecule has 0 saturated carbocycles. The molecule has 2 aromatic rings. The molecule has 2 aliphatic heterocycles. The van der Waals surface area contributed by atoms with E-state index < -0.39 is 4.92 Å². The van der Waals surface area contributed by atoms with Gasteiger partial charge in [-0.15, -0.1) is 0 Å². The van der Waals surface area contributed by atoms with Crippen LogP contribution in [0.1, 0.15) is 41.7 Å². The first-order chi connectivity index (χ1) is 13.5. The Morgan fingerprint density at radius 1 is 1.14 bits per heavy atom. The number of benzene rings is 2. The molecule has 8 heteroatoms. The van der Waals surface area contributed by atoms with Gasteiger partial charge in [0.05, 0.1) is 22.2 Å². The van der Waals surface area contributed by atoms with Crippen molar-refractivity contribution in [3.05, 3.63) is 57.6 Å². The summed E-state index contributed by atoms with van der Waals surface area (Å²) < 4.78 is 10.7. The lowest BCUT2D eigenvalue weighted by Crippen LogP contribution is -2.29. The van der Waals surface area contributed by atoms with Gasteiger partial charge >= 0.3 is 0 Å². The van der Waals surface area contributed by atoms with E-state index >= 15 is 0 Å². The second-order valence-electron chi connectivity index (χ2n) is 6.96. The van der Waals surface area contributed by atoms with E-state index in [1.807, 2.05) is 25.1 Å². The van der Waals surface area contributed by atoms with Gasteiger partial charge in [-0.25, -0.2) is 0 Å². The number of nitro benzene ring substituents is 1. The highest BCUT2D eigenvalue weighted by molar-refractivity contribution is 6.00. The van der Waals surface area contributed by atoms with Crippen LogP contribution in [0.3, 0.4) is 0 Å². The number of carbonyl (C=O) groups is 1. The van der Waals surface area contributed by atoms with Crippen molar-refractivity contribution in [2.24, 2.45) is 0 Å². The van der Waals surface area contributed by atoms with Gasteiger partial charge in [0.25, 0.3) is 11.6 Å². The number of hydrogen-bond acceptors (Lipinski definition) is 6. The third-order valence-corrected chi connectivity index (χ3v) is 5.13. The van der Waals surface area contributed by atoms with Crippen LogP contribution in [-0.2, 0) is 0 Å². The van der Waals surface area contributed by atoms with Crippen LogP contribution in [-0.4, -0.2) is 30.7 Å². The van der Waals surface area contributed by atoms with E-state index in [0.29, 0.717) is 17.1 Å². The third-order valence-electron chi connectivity index (χ3n) is 5.13. The molecule has 1 amide bonds. The van der Waals surface area contributed by atoms with Crippen molar-refractivity contribution in [3.8, 4) is 11.5 Å². The Hall–Kier alpha value is -3.29. The van der Waals surface area contributed by atoms with Crippen LogP contribution in [0.4, 0.5) is 11.4 Å². The zero-order chi connectivity index (χ0) is 19.7. The van der Waals surface area contributed by atoms with Crippen molar-refractivity contribution >= 4 is 17.3 Å². The van der Waals surface area contributed by atoms with E-state index in [2.05, 4.69) is 10.2 Å². The fourth-order valence-corrected chi connectivity index (χ4v) is 3.59. The lowest BCUT2D eigenvalue weighted by molar-refractivity contribution is -0.384. The van der Waals surface area contributed by atoms with Crippen LogP contribution in [0, 0.1) is 10.1 Å². The summed E-state index contributed by atoms with van der Waals surface area (Å²) in [6.45, 7) is 3.74. The predicted molar refractivity (Wildman–Crippen MR) is 103 cm³/mol. The molecule has 2 aromatic carbocycles. The van der Waals surface area contributed by atoms with Crippen molar-refractivity contribution in [1.82, 2.24) is 5.32 Å². The van der Waals surface area contributed by atoms with E-state index in [-0.39, 0.29) is 24.4 Å². The maximum absolute atomic E-state index is 13.0. The van der Waals surface area contributed by atoms with Gasteiger partial charge in [0.15, 0.2) is 11.5 Å². The number of rotatable bonds is 5. The van der Waals surface area contributed by atoms with Crippen LogP contribution < -0.4 is 19.7 Å². The summed E-state index contributed by atoms with van der Waals surface area (Å²) in [5.74, 6) is 0.986. The van der Waals surface area contributed by atoms with Crippen LogP contribution in [0.2, 0.25) is 0 Å². The van der Waals surface area contributed by atoms with E-state index in [4.69, 9.17) is 9.47 Å². The zero-order valence-electron chi connectivity index (χ0n) is 15.5. The van der Waals surface area contributed by atoms with Gasteiger partial charge < -0.3 is 19.7 Å². The Kier molecular flexibility index (Phi) is 4.77. The fraction of sp³-hybridized carbons (Fsp3) is 0.350. The molecule has 1 unspecified atom stereocenters. The Bertz CT molecular complexity index is 924. The summed E-state index contributed by atoms with van der Waals surface area (Å²) in [7, 11) is 0. The largest absolute Gasteiger partial charge is 0.454 e. The first kappa shape index (κ1) is 18.1. The molecule has 0 aliphatic carbocycles. The van der Waals surface area contributed by atoms with Crippen molar-refractivity contribution < 1.29 is 19.2 Å². The SMILES string of the molecule is CC(NC(=O)c1cc([N+](=O)[O-])ccc1N1CCCC1)c1ccc2c(c1)OCO2. The van der Waals surface area contributed by atoms with Gasteiger partial charge in [-0.2, -0.15) is 0 Å². The van der Waals surface area contributed by atoms with Gasteiger partial charge in [0.2, 0.25) is 6.79 Å². The normalized spacial score (nSPS) is 16.1. The molecule has 8 nitrogen and oxygen atoms in total. The number of nitrogens with one attached hydrogen (secondary N) is 1. The van der Waals surface area contributed by atoms with Gasteiger partial charge in [-0.05, 0) is 43.5 Å². The number of hydrogen-bond donors (Lipinski definition) is 1. The Labute approximate surface area is 162 Å². The Balaban J connectivity index is 1.59. The number of ether oxygens (including phenoxy) is 2. The van der Waals surface area contributed by atoms with Crippen molar-refractivity contribution in [2.75, 3.05) is 24.8 Å². The van der Waals surface area contributed by atoms with Gasteiger partial charge in [-0.3, -0.25) is 14.9 Å². The number of anilines is 1. The summed E-state index contributed by atoms with van der Waals surface area (Å²) in [6.07, 6.45) is 2.09. The summed E-state index contributed by atoms with van der Waals surface area (Å²) in [5.41, 5.74) is 1.83. The van der Waals surface area contributed by atoms with Crippen LogP contribution >= 0.6 is 0 Å². The molecule has 0 aromatic heterocycles. The second kappa shape index (κ2) is 7.38. The Morgan fingerprint density at radius 3 is 2.64 bits per heavy atom. The number of non-ortho nitro benzene ring substituents is 1. The van der Waals surface area contributed by atoms with E-state index in [0.717, 1.165) is 37.2 Å². The molecular weight excluding hydrogens is 362 g/mol. The molecule has 1 saturated heterocycles. The maximum atomic E-state index is 13.0. The molecule has 0 spiro atoms. The molecule has 28 heavy (non-hydrogen) atoms. The third kappa shape index (κ3) is 3.45. The summed E-state index contributed by atoms with van der Waals surface area (Å²) in [4.78, 5) is 25.8. The molecule has 0 bridgehead atoms. The molecule has 1 N–H and O–H groups in total. The summed E-state index contributed by atoms with van der Waals surface area (Å²) in [5, 5.41) is 14.1. The molecule has 146 valence electrons. The standard InChI is InChI=1S/C20H21N3O5/c1-13(14-4-7-18-19(10-14)28-12-27-18)21-20(24)16-11-15(23(25)26)5-6-17(16)22-8-2-3-9-22/h4-7,10-11,13H,2-3,8-9,12H2,1H3,(H,21,24). The first-order valence-electron chi connectivity index (χ1n) is 9.27. The van der Waals surface area contributed by atoms with Crippen LogP contribution in [0.15, 0.2) is 36.4 Å². The Morgan fingerprint density at radius 2 is 1.89 bits per heavy atom. The van der Waals surface area contributed by atoms with Crippen LogP contribution in [0.25, 0.3) is 0 Å². The van der Waals surface area contributed by atoms with Crippen molar-refractivity contribution in [2.45, 2.75) is 25.8 Å². The van der Waals surface area contributed by atoms with E-state index in [9.17, 15) is 14.9 Å². The fourth-order valence-electron chi connectivity index (χ4n) is 3.59. The van der Waals surface area contributed by atoms with E-state index in [1.165, 1.54) is 12.1 Å². The average Bonchev–Trinajstić information content (AvgIpc) is 3.38. The highest BCUT2D eigenvalue weighted by Gasteiger charge is 2.24. The van der Waals surface area contributed by atoms with Crippen molar-refractivity contribution in [1.29, 1.82) is 0 Å². The predicted octanol–water partition coefficient (Wildman–Crippen LogP) is 3.41. The molecule has 1 fully saturated rings. The topological polar surface area (TPSA) is 93.9 Å².